The van der Waals surface area contributed by atoms with Crippen molar-refractivity contribution >= 4 is 5.69 Å². The molecule has 0 amide bonds. The van der Waals surface area contributed by atoms with Crippen LogP contribution in [0.15, 0.2) is 24.3 Å². The van der Waals surface area contributed by atoms with Crippen molar-refractivity contribution in [2.75, 3.05) is 13.1 Å². The van der Waals surface area contributed by atoms with Crippen LogP contribution in [0.2, 0.25) is 0 Å². The van der Waals surface area contributed by atoms with E-state index < -0.39 is 0 Å². The van der Waals surface area contributed by atoms with Gasteiger partial charge in [-0.15, -0.1) is 0 Å². The molecule has 1 aromatic carbocycles. The Balaban J connectivity index is 2.05. The van der Waals surface area contributed by atoms with Gasteiger partial charge in [-0.2, -0.15) is 0 Å². The fourth-order valence-corrected chi connectivity index (χ4v) is 2.28. The van der Waals surface area contributed by atoms with Gasteiger partial charge >= 0.3 is 0 Å². The van der Waals surface area contributed by atoms with Crippen molar-refractivity contribution in [3.05, 3.63) is 29.8 Å². The third-order valence-electron chi connectivity index (χ3n) is 3.33. The van der Waals surface area contributed by atoms with E-state index in [4.69, 9.17) is 5.73 Å². The Hall–Kier alpha value is -1.02. The Morgan fingerprint density at radius 1 is 1.07 bits per heavy atom. The number of hydrogen-bond acceptors (Lipinski definition) is 1. The molecule has 1 heterocycles. The maximum atomic E-state index is 7.46. The van der Waals surface area contributed by atoms with Crippen LogP contribution < -0.4 is 5.73 Å². The fourth-order valence-electron chi connectivity index (χ4n) is 2.28. The number of piperidine rings is 1. The molecule has 1 aliphatic heterocycles. The zero-order chi connectivity index (χ0) is 10.7. The number of benzene rings is 1. The standard InChI is InChI=1S/C13H19N2/c1-11(15-9-3-2-4-10-15)12-5-7-13(14)8-6-12/h5-8,11,14H,2-4,9-10H2,1H3. The average Bonchev–Trinajstić information content (AvgIpc) is 2.30. The van der Waals surface area contributed by atoms with Gasteiger partial charge in [-0.05, 0) is 50.6 Å². The highest BCUT2D eigenvalue weighted by Crippen LogP contribution is 2.24. The molecule has 0 spiro atoms. The summed E-state index contributed by atoms with van der Waals surface area (Å²) in [6.07, 6.45) is 4.05. The molecule has 2 heteroatoms. The molecule has 15 heavy (non-hydrogen) atoms. The van der Waals surface area contributed by atoms with Gasteiger partial charge in [0.05, 0.1) is 5.69 Å². The van der Waals surface area contributed by atoms with Crippen molar-refractivity contribution in [2.45, 2.75) is 32.2 Å². The van der Waals surface area contributed by atoms with E-state index in [1.807, 2.05) is 12.1 Å². The summed E-state index contributed by atoms with van der Waals surface area (Å²) in [5.41, 5.74) is 9.41. The monoisotopic (exact) mass is 203 g/mol. The Labute approximate surface area is 92.1 Å². The van der Waals surface area contributed by atoms with Crippen molar-refractivity contribution in [3.63, 3.8) is 0 Å². The molecule has 0 bridgehead atoms. The second-order valence-electron chi connectivity index (χ2n) is 4.39. The molecule has 1 N–H and O–H groups in total. The van der Waals surface area contributed by atoms with E-state index in [0.29, 0.717) is 11.7 Å². The number of hydrogen-bond donors (Lipinski definition) is 0. The highest BCUT2D eigenvalue weighted by atomic mass is 15.2. The Kier molecular flexibility index (Phi) is 3.27. The summed E-state index contributed by atoms with van der Waals surface area (Å²) >= 11 is 0. The molecule has 0 aromatic heterocycles. The third-order valence-corrected chi connectivity index (χ3v) is 3.33. The van der Waals surface area contributed by atoms with E-state index in [-0.39, 0.29) is 0 Å². The first-order valence-corrected chi connectivity index (χ1v) is 5.83. The van der Waals surface area contributed by atoms with Crippen LogP contribution in [-0.2, 0) is 0 Å². The zero-order valence-corrected chi connectivity index (χ0v) is 9.37. The van der Waals surface area contributed by atoms with Crippen LogP contribution in [0, 0.1) is 0 Å². The van der Waals surface area contributed by atoms with E-state index in [2.05, 4.69) is 24.0 Å². The van der Waals surface area contributed by atoms with Crippen LogP contribution in [0.5, 0.6) is 0 Å². The van der Waals surface area contributed by atoms with Gasteiger partial charge in [0.15, 0.2) is 0 Å². The van der Waals surface area contributed by atoms with E-state index in [1.54, 1.807) is 0 Å². The predicted octanol–water partition coefficient (Wildman–Crippen LogP) is 3.15. The molecule has 2 rings (SSSR count). The molecule has 1 unspecified atom stereocenters. The second-order valence-corrected chi connectivity index (χ2v) is 4.39. The molecular weight excluding hydrogens is 184 g/mol. The number of nitrogens with zero attached hydrogens (tertiary/aromatic N) is 1. The summed E-state index contributed by atoms with van der Waals surface area (Å²) in [5, 5.41) is 0. The molecule has 0 saturated carbocycles. The number of likely N-dealkylation sites (tertiary alicyclic amines) is 1. The molecule has 2 nitrogen and oxygen atoms in total. The van der Waals surface area contributed by atoms with E-state index in [1.165, 1.54) is 37.9 Å². The van der Waals surface area contributed by atoms with Crippen molar-refractivity contribution < 1.29 is 0 Å². The van der Waals surface area contributed by atoms with Crippen LogP contribution in [0.4, 0.5) is 5.69 Å². The smallest absolute Gasteiger partial charge is 0.0540 e. The first-order chi connectivity index (χ1) is 7.27. The minimum atomic E-state index is 0.505. The number of rotatable bonds is 2. The largest absolute Gasteiger partial charge is 0.301 e. The summed E-state index contributed by atoms with van der Waals surface area (Å²) < 4.78 is 0. The molecule has 1 aromatic rings. The van der Waals surface area contributed by atoms with Gasteiger partial charge in [0.25, 0.3) is 0 Å². The molecule has 81 valence electrons. The highest BCUT2D eigenvalue weighted by Gasteiger charge is 2.17. The molecule has 1 fully saturated rings. The Morgan fingerprint density at radius 2 is 1.67 bits per heavy atom. The van der Waals surface area contributed by atoms with Crippen molar-refractivity contribution in [1.29, 1.82) is 0 Å². The topological polar surface area (TPSA) is 27.0 Å². The fraction of sp³-hybridized carbons (Fsp3) is 0.538. The van der Waals surface area contributed by atoms with Gasteiger partial charge in [-0.1, -0.05) is 18.6 Å². The van der Waals surface area contributed by atoms with Crippen molar-refractivity contribution in [2.24, 2.45) is 0 Å². The Bertz CT molecular complexity index is 299. The lowest BCUT2D eigenvalue weighted by molar-refractivity contribution is 0.175. The quantitative estimate of drug-likeness (QED) is 0.725. The van der Waals surface area contributed by atoms with Gasteiger partial charge in [-0.3, -0.25) is 4.90 Å². The lowest BCUT2D eigenvalue weighted by Crippen LogP contribution is -2.32. The molecule has 1 aliphatic rings. The van der Waals surface area contributed by atoms with Crippen LogP contribution in [0.1, 0.15) is 37.8 Å². The van der Waals surface area contributed by atoms with Crippen LogP contribution >= 0.6 is 0 Å². The summed E-state index contributed by atoms with van der Waals surface area (Å²) in [4.78, 5) is 2.54. The first-order valence-electron chi connectivity index (χ1n) is 5.83. The maximum Gasteiger partial charge on any atom is 0.0540 e. The van der Waals surface area contributed by atoms with Gasteiger partial charge in [0, 0.05) is 6.04 Å². The molecule has 1 atom stereocenters. The van der Waals surface area contributed by atoms with Gasteiger partial charge < -0.3 is 5.73 Å². The summed E-state index contributed by atoms with van der Waals surface area (Å²) in [6.45, 7) is 4.72. The van der Waals surface area contributed by atoms with Crippen LogP contribution in [0.3, 0.4) is 0 Å². The van der Waals surface area contributed by atoms with Gasteiger partial charge in [0.1, 0.15) is 0 Å². The normalized spacial score (nSPS) is 20.1. The van der Waals surface area contributed by atoms with Crippen molar-refractivity contribution in [1.82, 2.24) is 10.6 Å². The SMILES string of the molecule is CC(c1ccc([NH])cc1)N1CCCCC1. The summed E-state index contributed by atoms with van der Waals surface area (Å²) in [7, 11) is 0. The minimum Gasteiger partial charge on any atom is -0.301 e. The highest BCUT2D eigenvalue weighted by molar-refractivity contribution is 5.36. The first kappa shape index (κ1) is 10.5. The second kappa shape index (κ2) is 4.67. The lowest BCUT2D eigenvalue weighted by Gasteiger charge is -2.32. The summed E-state index contributed by atoms with van der Waals surface area (Å²) in [5.74, 6) is 0. The van der Waals surface area contributed by atoms with Crippen LogP contribution in [-0.4, -0.2) is 18.0 Å². The van der Waals surface area contributed by atoms with Crippen LogP contribution in [0.25, 0.3) is 0 Å². The Morgan fingerprint density at radius 3 is 2.27 bits per heavy atom. The van der Waals surface area contributed by atoms with Gasteiger partial charge in [-0.25, -0.2) is 0 Å². The van der Waals surface area contributed by atoms with E-state index >= 15 is 0 Å². The molecular formula is C13H19N2. The maximum absolute atomic E-state index is 7.46. The molecule has 0 aliphatic carbocycles. The van der Waals surface area contributed by atoms with E-state index in [9.17, 15) is 0 Å². The van der Waals surface area contributed by atoms with Gasteiger partial charge in [0.2, 0.25) is 0 Å². The predicted molar refractivity (Wildman–Crippen MR) is 63.0 cm³/mol. The molecule has 1 saturated heterocycles. The molecule has 1 radical (unpaired) electrons. The average molecular weight is 203 g/mol. The summed E-state index contributed by atoms with van der Waals surface area (Å²) in [6, 6.07) is 8.44. The van der Waals surface area contributed by atoms with E-state index in [0.717, 1.165) is 0 Å². The minimum absolute atomic E-state index is 0.505. The third kappa shape index (κ3) is 2.51. The zero-order valence-electron chi connectivity index (χ0n) is 9.37. The number of nitrogens with one attached hydrogen (secondary N) is 1. The lowest BCUT2D eigenvalue weighted by atomic mass is 10.0. The van der Waals surface area contributed by atoms with Crippen molar-refractivity contribution in [3.8, 4) is 0 Å².